The third-order valence-corrected chi connectivity index (χ3v) is 7.01. The molecular formula is C34H34N4O12. The van der Waals surface area contributed by atoms with E-state index in [-0.39, 0.29) is 23.6 Å². The maximum atomic E-state index is 10.6. The van der Waals surface area contributed by atoms with Gasteiger partial charge in [-0.1, -0.05) is 48.5 Å². The number of rotatable bonds is 10. The zero-order valence-electron chi connectivity index (χ0n) is 26.5. The Morgan fingerprint density at radius 1 is 0.600 bits per heavy atom. The molecule has 4 aromatic rings. The fourth-order valence-corrected chi connectivity index (χ4v) is 4.55. The highest BCUT2D eigenvalue weighted by Crippen LogP contribution is 2.31. The second-order valence-electron chi connectivity index (χ2n) is 10.7. The minimum Gasteiger partial charge on any atom is -0.486 e. The largest absolute Gasteiger partial charge is 0.486 e. The van der Waals surface area contributed by atoms with E-state index in [0.29, 0.717) is 39.4 Å². The second-order valence-corrected chi connectivity index (χ2v) is 10.7. The van der Waals surface area contributed by atoms with Crippen LogP contribution in [0.15, 0.2) is 97.1 Å². The van der Waals surface area contributed by atoms with E-state index >= 15 is 0 Å². The van der Waals surface area contributed by atoms with E-state index in [0.717, 1.165) is 34.1 Å². The van der Waals surface area contributed by atoms with E-state index in [4.69, 9.17) is 38.7 Å². The molecule has 0 saturated carbocycles. The number of carboxylic acid groups (broad SMARTS) is 2. The number of para-hydroxylation sites is 4. The van der Waals surface area contributed by atoms with Crippen LogP contribution < -0.4 is 29.6 Å². The predicted octanol–water partition coefficient (Wildman–Crippen LogP) is 4.20. The van der Waals surface area contributed by atoms with E-state index < -0.39 is 21.8 Å². The molecule has 16 heteroatoms. The molecule has 0 spiro atoms. The van der Waals surface area contributed by atoms with Gasteiger partial charge in [0.2, 0.25) is 0 Å². The third-order valence-electron chi connectivity index (χ3n) is 7.01. The van der Waals surface area contributed by atoms with Crippen molar-refractivity contribution in [3.05, 3.63) is 128 Å². The average Bonchev–Trinajstić information content (AvgIpc) is 3.12. The number of carboxylic acids is 2. The Balaban J connectivity index is 0.000000194. The highest BCUT2D eigenvalue weighted by atomic mass is 16.6. The highest BCUT2D eigenvalue weighted by molar-refractivity contribution is 6.27. The SMILES string of the molecule is O=C(O)C(=O)O.O=[N+]([O-])c1ccc(CNCC2COc3ccccc3O2)cc1.O=[N+]([O-])c1ccc(CNCC2COc3ccccc3O2)cc1. The van der Waals surface area contributed by atoms with Crippen molar-refractivity contribution < 1.29 is 48.6 Å². The summed E-state index contributed by atoms with van der Waals surface area (Å²) in [5.41, 5.74) is 2.18. The van der Waals surface area contributed by atoms with Crippen LogP contribution in [-0.2, 0) is 22.7 Å². The van der Waals surface area contributed by atoms with Gasteiger partial charge in [-0.3, -0.25) is 20.2 Å². The molecule has 2 atom stereocenters. The fraction of sp³-hybridized carbons (Fsp3) is 0.235. The highest BCUT2D eigenvalue weighted by Gasteiger charge is 2.21. The van der Waals surface area contributed by atoms with E-state index in [1.54, 1.807) is 24.3 Å². The predicted molar refractivity (Wildman–Crippen MR) is 178 cm³/mol. The summed E-state index contributed by atoms with van der Waals surface area (Å²) in [4.78, 5) is 38.6. The van der Waals surface area contributed by atoms with Crippen molar-refractivity contribution >= 4 is 23.3 Å². The summed E-state index contributed by atoms with van der Waals surface area (Å²) in [7, 11) is 0. The Labute approximate surface area is 285 Å². The molecule has 50 heavy (non-hydrogen) atoms. The molecule has 4 aromatic carbocycles. The lowest BCUT2D eigenvalue weighted by Gasteiger charge is -2.26. The van der Waals surface area contributed by atoms with Crippen LogP contribution in [0, 0.1) is 20.2 Å². The number of fused-ring (bicyclic) bond motifs is 2. The summed E-state index contributed by atoms with van der Waals surface area (Å²) in [6, 6.07) is 28.2. The van der Waals surface area contributed by atoms with Gasteiger partial charge in [0.05, 0.1) is 9.85 Å². The van der Waals surface area contributed by atoms with Crippen molar-refractivity contribution in [1.29, 1.82) is 0 Å². The smallest absolute Gasteiger partial charge is 0.414 e. The standard InChI is InChI=1S/2C16H16N2O4.C2H2O4/c2*19-18(20)13-7-5-12(6-8-13)9-17-10-14-11-21-15-3-1-2-4-16(15)22-14;3-1(4)2(5)6/h2*1-8,14,17H,9-11H2;(H,3,4)(H,5,6). The van der Waals surface area contributed by atoms with Gasteiger partial charge in [0.25, 0.3) is 11.4 Å². The van der Waals surface area contributed by atoms with E-state index in [1.165, 1.54) is 24.3 Å². The van der Waals surface area contributed by atoms with Gasteiger partial charge in [-0.2, -0.15) is 0 Å². The molecule has 2 unspecified atom stereocenters. The van der Waals surface area contributed by atoms with Crippen molar-refractivity contribution in [3.63, 3.8) is 0 Å². The number of hydrogen-bond donors (Lipinski definition) is 4. The van der Waals surface area contributed by atoms with Crippen molar-refractivity contribution in [2.45, 2.75) is 25.3 Å². The van der Waals surface area contributed by atoms with Gasteiger partial charge in [0.1, 0.15) is 25.4 Å². The van der Waals surface area contributed by atoms with Crippen LogP contribution in [0.3, 0.4) is 0 Å². The number of ether oxygens (including phenoxy) is 4. The normalized spacial score (nSPS) is 15.2. The Kier molecular flexibility index (Phi) is 13.4. The quantitative estimate of drug-likeness (QED) is 0.104. The monoisotopic (exact) mass is 690 g/mol. The number of non-ortho nitro benzene ring substituents is 2. The maximum absolute atomic E-state index is 10.6. The lowest BCUT2D eigenvalue weighted by molar-refractivity contribution is -0.385. The van der Waals surface area contributed by atoms with E-state index in [2.05, 4.69) is 10.6 Å². The molecule has 0 amide bonds. The fourth-order valence-electron chi connectivity index (χ4n) is 4.55. The number of carbonyl (C=O) groups is 2. The van der Waals surface area contributed by atoms with Crippen molar-refractivity contribution in [2.75, 3.05) is 26.3 Å². The molecule has 2 aliphatic rings. The number of nitro benzene ring substituents is 2. The summed E-state index contributed by atoms with van der Waals surface area (Å²) in [5, 5.41) is 42.5. The molecule has 2 aliphatic heterocycles. The first-order chi connectivity index (χ1) is 24.1. The van der Waals surface area contributed by atoms with Crippen LogP contribution in [-0.4, -0.2) is 70.5 Å². The Hall–Kier alpha value is -6.26. The number of nitrogens with one attached hydrogen (secondary N) is 2. The van der Waals surface area contributed by atoms with E-state index in [1.807, 2.05) is 48.5 Å². The van der Waals surface area contributed by atoms with Crippen molar-refractivity contribution in [2.24, 2.45) is 0 Å². The molecule has 0 aromatic heterocycles. The molecular weight excluding hydrogens is 656 g/mol. The number of aliphatic carboxylic acids is 2. The van der Waals surface area contributed by atoms with Crippen LogP contribution in [0.4, 0.5) is 11.4 Å². The number of nitrogens with zero attached hydrogens (tertiary/aromatic N) is 2. The minimum atomic E-state index is -1.82. The summed E-state index contributed by atoms with van der Waals surface area (Å²) >= 11 is 0. The van der Waals surface area contributed by atoms with Gasteiger partial charge in [-0.25, -0.2) is 9.59 Å². The van der Waals surface area contributed by atoms with Crippen LogP contribution in [0.25, 0.3) is 0 Å². The molecule has 0 radical (unpaired) electrons. The van der Waals surface area contributed by atoms with Crippen LogP contribution in [0.1, 0.15) is 11.1 Å². The summed E-state index contributed by atoms with van der Waals surface area (Å²) in [6.45, 7) is 3.55. The van der Waals surface area contributed by atoms with Crippen molar-refractivity contribution in [3.8, 4) is 23.0 Å². The molecule has 0 fully saturated rings. The zero-order chi connectivity index (χ0) is 35.9. The summed E-state index contributed by atoms with van der Waals surface area (Å²) < 4.78 is 23.0. The molecule has 0 bridgehead atoms. The molecule has 4 N–H and O–H groups in total. The first-order valence-corrected chi connectivity index (χ1v) is 15.2. The van der Waals surface area contributed by atoms with Gasteiger partial charge in [-0.15, -0.1) is 0 Å². The van der Waals surface area contributed by atoms with Crippen molar-refractivity contribution in [1.82, 2.24) is 10.6 Å². The Morgan fingerprint density at radius 3 is 1.26 bits per heavy atom. The molecule has 262 valence electrons. The maximum Gasteiger partial charge on any atom is 0.414 e. The Bertz CT molecular complexity index is 1620. The first kappa shape index (κ1) is 36.6. The molecule has 0 aliphatic carbocycles. The number of hydrogen-bond acceptors (Lipinski definition) is 12. The summed E-state index contributed by atoms with van der Waals surface area (Å²) in [5.74, 6) is -0.583. The lowest BCUT2D eigenvalue weighted by atomic mass is 10.2. The van der Waals surface area contributed by atoms with Gasteiger partial charge >= 0.3 is 11.9 Å². The molecule has 16 nitrogen and oxygen atoms in total. The van der Waals surface area contributed by atoms with Gasteiger partial charge < -0.3 is 39.8 Å². The minimum absolute atomic E-state index is 0.0482. The molecule has 0 saturated heterocycles. The number of benzene rings is 4. The van der Waals surface area contributed by atoms with Gasteiger partial charge in [0, 0.05) is 50.4 Å². The average molecular weight is 691 g/mol. The van der Waals surface area contributed by atoms with E-state index in [9.17, 15) is 20.2 Å². The van der Waals surface area contributed by atoms with Gasteiger partial charge in [-0.05, 0) is 35.4 Å². The molecule has 6 rings (SSSR count). The molecule has 2 heterocycles. The lowest BCUT2D eigenvalue weighted by Crippen LogP contribution is -2.38. The zero-order valence-corrected chi connectivity index (χ0v) is 26.5. The second kappa shape index (κ2) is 18.3. The Morgan fingerprint density at radius 2 is 0.940 bits per heavy atom. The van der Waals surface area contributed by atoms with Gasteiger partial charge in [0.15, 0.2) is 23.0 Å². The topological polar surface area (TPSA) is 222 Å². The van der Waals surface area contributed by atoms with Crippen LogP contribution in [0.2, 0.25) is 0 Å². The summed E-state index contributed by atoms with van der Waals surface area (Å²) in [6.07, 6.45) is -0.0964. The van der Waals surface area contributed by atoms with Crippen LogP contribution in [0.5, 0.6) is 23.0 Å². The first-order valence-electron chi connectivity index (χ1n) is 15.2. The number of nitro groups is 2. The third kappa shape index (κ3) is 11.5. The van der Waals surface area contributed by atoms with Crippen LogP contribution >= 0.6 is 0 Å².